The summed E-state index contributed by atoms with van der Waals surface area (Å²) in [7, 11) is 2.06. The Labute approximate surface area is 130 Å². The molecule has 0 saturated carbocycles. The molecule has 120 valence electrons. The van der Waals surface area contributed by atoms with Gasteiger partial charge in [-0.15, -0.1) is 0 Å². The average molecular weight is 304 g/mol. The smallest absolute Gasteiger partial charge is 0.328 e. The van der Waals surface area contributed by atoms with Crippen LogP contribution in [-0.4, -0.2) is 34.1 Å². The predicted octanol–water partition coefficient (Wildman–Crippen LogP) is 2.12. The molecule has 0 radical (unpaired) electrons. The lowest BCUT2D eigenvalue weighted by Crippen LogP contribution is -2.34. The van der Waals surface area contributed by atoms with Crippen LogP contribution in [0.15, 0.2) is 16.9 Å². The Balaban J connectivity index is 2.44. The number of carbonyl (C=O) groups is 1. The Morgan fingerprint density at radius 1 is 1.41 bits per heavy atom. The summed E-state index contributed by atoms with van der Waals surface area (Å²) in [5, 5.41) is 8.78. The number of rotatable bonds is 6. The molecule has 0 aliphatic carbocycles. The molecule has 0 bridgehead atoms. The summed E-state index contributed by atoms with van der Waals surface area (Å²) in [6, 6.07) is 1.85. The van der Waals surface area contributed by atoms with Crippen LogP contribution < -0.4 is 5.56 Å². The van der Waals surface area contributed by atoms with E-state index in [1.165, 1.54) is 6.08 Å². The lowest BCUT2D eigenvalue weighted by Gasteiger charge is -2.28. The van der Waals surface area contributed by atoms with E-state index in [-0.39, 0.29) is 5.56 Å². The highest BCUT2D eigenvalue weighted by Gasteiger charge is 2.19. The van der Waals surface area contributed by atoms with Crippen LogP contribution in [0.1, 0.15) is 43.0 Å². The Hall–Kier alpha value is -1.88. The zero-order chi connectivity index (χ0) is 16.1. The molecular formula is C17H24N2O3. The van der Waals surface area contributed by atoms with Gasteiger partial charge in [-0.05, 0) is 31.2 Å². The maximum atomic E-state index is 12.6. The number of hydrogen-bond donors (Lipinski definition) is 1. The molecule has 1 aliphatic rings. The summed E-state index contributed by atoms with van der Waals surface area (Å²) in [5.74, 6) is -1.04. The summed E-state index contributed by atoms with van der Waals surface area (Å²) in [6.07, 6.45) is 6.50. The number of unbranched alkanes of at least 4 members (excludes halogenated alkanes) is 2. The fourth-order valence-corrected chi connectivity index (χ4v) is 2.92. The first kappa shape index (κ1) is 16.5. The maximum absolute atomic E-state index is 12.6. The van der Waals surface area contributed by atoms with Crippen molar-refractivity contribution >= 4 is 12.0 Å². The van der Waals surface area contributed by atoms with Crippen LogP contribution in [0.3, 0.4) is 0 Å². The molecule has 2 rings (SSSR count). The van der Waals surface area contributed by atoms with E-state index in [2.05, 4.69) is 18.9 Å². The normalized spacial score (nSPS) is 15.2. The Morgan fingerprint density at radius 3 is 2.86 bits per heavy atom. The van der Waals surface area contributed by atoms with E-state index in [0.717, 1.165) is 56.1 Å². The highest BCUT2D eigenvalue weighted by molar-refractivity contribution is 5.85. The van der Waals surface area contributed by atoms with Crippen LogP contribution in [0, 0.1) is 0 Å². The van der Waals surface area contributed by atoms with Crippen molar-refractivity contribution in [2.45, 2.75) is 45.7 Å². The van der Waals surface area contributed by atoms with Gasteiger partial charge in [-0.1, -0.05) is 19.8 Å². The molecule has 0 saturated heterocycles. The largest absolute Gasteiger partial charge is 0.478 e. The molecule has 0 atom stereocenters. The van der Waals surface area contributed by atoms with Gasteiger partial charge in [0.2, 0.25) is 0 Å². The first-order valence-corrected chi connectivity index (χ1v) is 7.88. The fourth-order valence-electron chi connectivity index (χ4n) is 2.92. The minimum absolute atomic E-state index is 0.0723. The molecule has 0 spiro atoms. The quantitative estimate of drug-likeness (QED) is 0.646. The van der Waals surface area contributed by atoms with Crippen LogP contribution in [0.25, 0.3) is 6.08 Å². The minimum atomic E-state index is -1.04. The molecule has 1 aliphatic heterocycles. The van der Waals surface area contributed by atoms with Crippen molar-refractivity contribution in [3.05, 3.63) is 39.3 Å². The second-order valence-electron chi connectivity index (χ2n) is 5.89. The third-order valence-electron chi connectivity index (χ3n) is 4.08. The average Bonchev–Trinajstić information content (AvgIpc) is 2.47. The predicted molar refractivity (Wildman–Crippen MR) is 86.9 cm³/mol. The first-order chi connectivity index (χ1) is 10.5. The number of likely N-dealkylation sites (N-methyl/N-ethyl adjacent to an activating group) is 1. The Kier molecular flexibility index (Phi) is 5.55. The van der Waals surface area contributed by atoms with Crippen molar-refractivity contribution in [2.24, 2.45) is 0 Å². The summed E-state index contributed by atoms with van der Waals surface area (Å²) < 4.78 is 1.86. The van der Waals surface area contributed by atoms with E-state index in [9.17, 15) is 9.59 Å². The van der Waals surface area contributed by atoms with Gasteiger partial charge in [0.1, 0.15) is 0 Å². The molecule has 0 aromatic carbocycles. The molecule has 0 fully saturated rings. The molecular weight excluding hydrogens is 280 g/mol. The van der Waals surface area contributed by atoms with Gasteiger partial charge in [0.25, 0.3) is 5.56 Å². The third kappa shape index (κ3) is 3.85. The van der Waals surface area contributed by atoms with E-state index in [0.29, 0.717) is 12.1 Å². The number of aromatic nitrogens is 1. The van der Waals surface area contributed by atoms with Crippen LogP contribution in [0.5, 0.6) is 0 Å². The van der Waals surface area contributed by atoms with E-state index in [1.54, 1.807) is 0 Å². The summed E-state index contributed by atoms with van der Waals surface area (Å²) in [5.41, 5.74) is 2.64. The zero-order valence-electron chi connectivity index (χ0n) is 13.3. The zero-order valence-corrected chi connectivity index (χ0v) is 13.3. The van der Waals surface area contributed by atoms with Crippen molar-refractivity contribution in [2.75, 3.05) is 13.6 Å². The Morgan fingerprint density at radius 2 is 2.18 bits per heavy atom. The summed E-state index contributed by atoms with van der Waals surface area (Å²) in [4.78, 5) is 25.6. The van der Waals surface area contributed by atoms with Crippen molar-refractivity contribution in [1.29, 1.82) is 0 Å². The maximum Gasteiger partial charge on any atom is 0.328 e. The first-order valence-electron chi connectivity index (χ1n) is 7.88. The highest BCUT2D eigenvalue weighted by atomic mass is 16.4. The minimum Gasteiger partial charge on any atom is -0.478 e. The summed E-state index contributed by atoms with van der Waals surface area (Å²) in [6.45, 7) is 4.61. The molecule has 22 heavy (non-hydrogen) atoms. The Bertz CT molecular complexity index is 632. The van der Waals surface area contributed by atoms with E-state index in [4.69, 9.17) is 5.11 Å². The van der Waals surface area contributed by atoms with Gasteiger partial charge in [-0.25, -0.2) is 4.79 Å². The lowest BCUT2D eigenvalue weighted by atomic mass is 10.0. The molecule has 0 unspecified atom stereocenters. The van der Waals surface area contributed by atoms with E-state index in [1.807, 2.05) is 10.6 Å². The second-order valence-corrected chi connectivity index (χ2v) is 5.89. The van der Waals surface area contributed by atoms with Gasteiger partial charge in [0, 0.05) is 43.4 Å². The third-order valence-corrected chi connectivity index (χ3v) is 4.08. The molecule has 2 heterocycles. The molecule has 5 nitrogen and oxygen atoms in total. The number of carboxylic acids is 1. The highest BCUT2D eigenvalue weighted by Crippen LogP contribution is 2.19. The van der Waals surface area contributed by atoms with Crippen molar-refractivity contribution in [1.82, 2.24) is 9.47 Å². The summed E-state index contributed by atoms with van der Waals surface area (Å²) >= 11 is 0. The van der Waals surface area contributed by atoms with E-state index < -0.39 is 5.97 Å². The molecule has 1 aromatic heterocycles. The van der Waals surface area contributed by atoms with Gasteiger partial charge in [0.15, 0.2) is 0 Å². The number of carboxylic acid groups (broad SMARTS) is 1. The second kappa shape index (κ2) is 7.40. The van der Waals surface area contributed by atoms with Gasteiger partial charge < -0.3 is 14.6 Å². The van der Waals surface area contributed by atoms with Gasteiger partial charge in [-0.2, -0.15) is 0 Å². The van der Waals surface area contributed by atoms with Crippen LogP contribution in [0.2, 0.25) is 0 Å². The van der Waals surface area contributed by atoms with Crippen LogP contribution in [0.4, 0.5) is 0 Å². The molecule has 5 heteroatoms. The number of nitrogens with zero attached hydrogens (tertiary/aromatic N) is 2. The number of pyridine rings is 1. The van der Waals surface area contributed by atoms with Gasteiger partial charge >= 0.3 is 5.97 Å². The van der Waals surface area contributed by atoms with Crippen molar-refractivity contribution < 1.29 is 9.90 Å². The van der Waals surface area contributed by atoms with E-state index >= 15 is 0 Å². The van der Waals surface area contributed by atoms with Gasteiger partial charge in [-0.3, -0.25) is 4.79 Å². The number of hydrogen-bond acceptors (Lipinski definition) is 3. The monoisotopic (exact) mass is 304 g/mol. The lowest BCUT2D eigenvalue weighted by molar-refractivity contribution is -0.131. The number of aliphatic carboxylic acids is 1. The standard InChI is InChI=1S/C17H24N2O3/c1-3-4-5-9-19-15-8-10-18(2)12-14(15)11-13(17(19)22)6-7-16(20)21/h6-7,11H,3-5,8-10,12H2,1-2H3,(H,20,21)/b7-6+. The van der Waals surface area contributed by atoms with Gasteiger partial charge in [0.05, 0.1) is 0 Å². The topological polar surface area (TPSA) is 62.5 Å². The molecule has 1 aromatic rings. The molecule has 1 N–H and O–H groups in total. The SMILES string of the molecule is CCCCCn1c2c(cc(/C=C/C(=O)O)c1=O)CN(C)CC2. The van der Waals surface area contributed by atoms with Crippen molar-refractivity contribution in [3.63, 3.8) is 0 Å². The van der Waals surface area contributed by atoms with Crippen LogP contribution in [-0.2, 0) is 24.3 Å². The van der Waals surface area contributed by atoms with Crippen LogP contribution >= 0.6 is 0 Å². The fraction of sp³-hybridized carbons (Fsp3) is 0.529. The van der Waals surface area contributed by atoms with Crippen molar-refractivity contribution in [3.8, 4) is 0 Å². The molecule has 0 amide bonds. The number of fused-ring (bicyclic) bond motifs is 1.